The van der Waals surface area contributed by atoms with Crippen LogP contribution in [-0.2, 0) is 4.74 Å². The first kappa shape index (κ1) is 23.1. The lowest BCUT2D eigenvalue weighted by Crippen LogP contribution is -2.15. The van der Waals surface area contributed by atoms with Crippen molar-refractivity contribution in [2.75, 3.05) is 17.7 Å². The molecule has 0 saturated heterocycles. The van der Waals surface area contributed by atoms with Gasteiger partial charge in [-0.2, -0.15) is 0 Å². The summed E-state index contributed by atoms with van der Waals surface area (Å²) in [7, 11) is 0. The summed E-state index contributed by atoms with van der Waals surface area (Å²) < 4.78 is 5.18. The van der Waals surface area contributed by atoms with Crippen LogP contribution in [0.5, 0.6) is 5.75 Å². The number of unbranched alkanes of at least 4 members (excludes halogenated alkanes) is 7. The van der Waals surface area contributed by atoms with Crippen molar-refractivity contribution in [1.29, 1.82) is 0 Å². The Balaban J connectivity index is 1.71. The van der Waals surface area contributed by atoms with Crippen LogP contribution in [0.1, 0.15) is 58.3 Å². The molecule has 0 fully saturated rings. The molecule has 8 nitrogen and oxygen atoms in total. The topological polar surface area (TPSA) is 122 Å². The molecule has 0 unspecified atom stereocenters. The molecule has 0 atom stereocenters. The van der Waals surface area contributed by atoms with E-state index in [9.17, 15) is 9.90 Å². The van der Waals surface area contributed by atoms with Crippen molar-refractivity contribution in [2.45, 2.75) is 58.3 Å². The molecule has 1 heterocycles. The van der Waals surface area contributed by atoms with Gasteiger partial charge in [0.1, 0.15) is 22.9 Å². The van der Waals surface area contributed by atoms with Gasteiger partial charge in [0.25, 0.3) is 0 Å². The number of anilines is 2. The van der Waals surface area contributed by atoms with Crippen LogP contribution in [0.2, 0.25) is 0 Å². The van der Waals surface area contributed by atoms with Crippen LogP contribution < -0.4 is 11.1 Å². The number of hydrogen-bond acceptors (Lipinski definition) is 7. The van der Waals surface area contributed by atoms with Gasteiger partial charge >= 0.3 is 6.09 Å². The molecule has 1 aromatic carbocycles. The molecule has 2 aromatic rings. The number of phenolic OH excluding ortho intramolecular Hbond substituents is 1. The zero-order valence-electron chi connectivity index (χ0n) is 17.5. The normalized spacial score (nSPS) is 11.0. The summed E-state index contributed by atoms with van der Waals surface area (Å²) in [6.45, 7) is 2.59. The molecule has 0 bridgehead atoms. The number of phenols is 1. The molecular weight excluding hydrogens is 382 g/mol. The lowest BCUT2D eigenvalue weighted by atomic mass is 10.1. The maximum Gasteiger partial charge on any atom is 0.412 e. The van der Waals surface area contributed by atoms with Gasteiger partial charge in [-0.15, -0.1) is 10.2 Å². The lowest BCUT2D eigenvalue weighted by Gasteiger charge is -2.07. The van der Waals surface area contributed by atoms with Gasteiger partial charge < -0.3 is 15.6 Å². The first-order valence-electron chi connectivity index (χ1n) is 10.5. The third kappa shape index (κ3) is 8.46. The smallest absolute Gasteiger partial charge is 0.412 e. The lowest BCUT2D eigenvalue weighted by molar-refractivity contribution is 0.159. The number of azo groups is 1. The second-order valence-corrected chi connectivity index (χ2v) is 7.03. The minimum Gasteiger partial charge on any atom is -0.506 e. The van der Waals surface area contributed by atoms with E-state index >= 15 is 0 Å². The van der Waals surface area contributed by atoms with Crippen LogP contribution >= 0.6 is 0 Å². The van der Waals surface area contributed by atoms with Crippen molar-refractivity contribution < 1.29 is 14.6 Å². The Morgan fingerprint density at radius 3 is 2.37 bits per heavy atom. The molecule has 162 valence electrons. The first-order valence-corrected chi connectivity index (χ1v) is 10.5. The fourth-order valence-corrected chi connectivity index (χ4v) is 2.82. The number of hydrogen-bond donors (Lipinski definition) is 3. The number of benzene rings is 1. The SMILES string of the molecule is CCCCCCCCCCOC(=O)Nc1ccc(N=Nc2ccccc2O)c(N)n1. The summed E-state index contributed by atoms with van der Waals surface area (Å²) >= 11 is 0. The minimum atomic E-state index is -0.562. The molecule has 30 heavy (non-hydrogen) atoms. The monoisotopic (exact) mass is 413 g/mol. The second kappa shape index (κ2) is 13.1. The van der Waals surface area contributed by atoms with E-state index in [2.05, 4.69) is 27.5 Å². The molecule has 1 aromatic heterocycles. The summed E-state index contributed by atoms with van der Waals surface area (Å²) in [6, 6.07) is 9.72. The van der Waals surface area contributed by atoms with Crippen LogP contribution in [0.15, 0.2) is 46.6 Å². The fraction of sp³-hybridized carbons (Fsp3) is 0.455. The van der Waals surface area contributed by atoms with Crippen molar-refractivity contribution >= 4 is 29.1 Å². The van der Waals surface area contributed by atoms with E-state index in [4.69, 9.17) is 10.5 Å². The van der Waals surface area contributed by atoms with Crippen LogP contribution in [0.4, 0.5) is 27.8 Å². The highest BCUT2D eigenvalue weighted by molar-refractivity contribution is 5.84. The Kier molecular flexibility index (Phi) is 10.1. The second-order valence-electron chi connectivity index (χ2n) is 7.03. The van der Waals surface area contributed by atoms with Gasteiger partial charge in [0, 0.05) is 0 Å². The number of nitrogens with zero attached hydrogens (tertiary/aromatic N) is 3. The fourth-order valence-electron chi connectivity index (χ4n) is 2.82. The van der Waals surface area contributed by atoms with Crippen LogP contribution in [0.3, 0.4) is 0 Å². The molecule has 0 aliphatic heterocycles. The number of ether oxygens (including phenoxy) is 1. The summed E-state index contributed by atoms with van der Waals surface area (Å²) in [4.78, 5) is 16.0. The van der Waals surface area contributed by atoms with E-state index in [1.54, 1.807) is 30.3 Å². The Labute approximate surface area is 177 Å². The third-order valence-corrected chi connectivity index (χ3v) is 4.51. The molecule has 1 amide bonds. The van der Waals surface area contributed by atoms with Crippen molar-refractivity contribution in [3.05, 3.63) is 36.4 Å². The van der Waals surface area contributed by atoms with Crippen molar-refractivity contribution in [1.82, 2.24) is 4.98 Å². The Hall–Kier alpha value is -3.16. The molecular formula is C22H31N5O3. The quantitative estimate of drug-likeness (QED) is 0.272. The summed E-state index contributed by atoms with van der Waals surface area (Å²) in [6.07, 6.45) is 8.91. The molecule has 0 aliphatic carbocycles. The third-order valence-electron chi connectivity index (χ3n) is 4.51. The van der Waals surface area contributed by atoms with E-state index in [1.165, 1.54) is 44.6 Å². The van der Waals surface area contributed by atoms with Crippen LogP contribution in [-0.4, -0.2) is 22.8 Å². The minimum absolute atomic E-state index is 0.0188. The van der Waals surface area contributed by atoms with Gasteiger partial charge in [-0.3, -0.25) is 5.32 Å². The Morgan fingerprint density at radius 1 is 1.00 bits per heavy atom. The van der Waals surface area contributed by atoms with Gasteiger partial charge in [-0.1, -0.05) is 64.0 Å². The number of nitrogens with one attached hydrogen (secondary N) is 1. The summed E-state index contributed by atoms with van der Waals surface area (Å²) in [5, 5.41) is 20.2. The Bertz CT molecular complexity index is 826. The molecule has 2 rings (SSSR count). The molecule has 4 N–H and O–H groups in total. The number of para-hydroxylation sites is 1. The highest BCUT2D eigenvalue weighted by Gasteiger charge is 2.07. The van der Waals surface area contributed by atoms with Gasteiger partial charge in [0.2, 0.25) is 0 Å². The highest BCUT2D eigenvalue weighted by Crippen LogP contribution is 2.29. The molecule has 0 radical (unpaired) electrons. The van der Waals surface area contributed by atoms with Crippen molar-refractivity contribution in [2.24, 2.45) is 10.2 Å². The number of nitrogens with two attached hydrogens (primary N) is 1. The molecule has 8 heteroatoms. The van der Waals surface area contributed by atoms with Crippen molar-refractivity contribution in [3.8, 4) is 5.75 Å². The number of nitrogen functional groups attached to an aromatic ring is 1. The molecule has 0 spiro atoms. The van der Waals surface area contributed by atoms with E-state index < -0.39 is 6.09 Å². The van der Waals surface area contributed by atoms with Crippen LogP contribution in [0, 0.1) is 0 Å². The average Bonchev–Trinajstić information content (AvgIpc) is 2.73. The van der Waals surface area contributed by atoms with Gasteiger partial charge in [0.15, 0.2) is 5.82 Å². The number of carbonyl (C=O) groups is 1. The summed E-state index contributed by atoms with van der Waals surface area (Å²) in [5.41, 5.74) is 6.53. The maximum atomic E-state index is 11.9. The number of aromatic hydroxyl groups is 1. The number of pyridine rings is 1. The van der Waals surface area contributed by atoms with E-state index in [-0.39, 0.29) is 17.4 Å². The predicted octanol–water partition coefficient (Wildman–Crippen LogP) is 6.47. The molecule has 0 saturated carbocycles. The predicted molar refractivity (Wildman–Crippen MR) is 119 cm³/mol. The maximum absolute atomic E-state index is 11.9. The number of aromatic nitrogens is 1. The largest absolute Gasteiger partial charge is 0.506 e. The highest BCUT2D eigenvalue weighted by atomic mass is 16.5. The first-order chi connectivity index (χ1) is 14.6. The summed E-state index contributed by atoms with van der Waals surface area (Å²) in [5.74, 6) is 0.398. The van der Waals surface area contributed by atoms with Gasteiger partial charge in [0.05, 0.1) is 6.61 Å². The van der Waals surface area contributed by atoms with E-state index in [1.807, 2.05) is 0 Å². The van der Waals surface area contributed by atoms with E-state index in [0.29, 0.717) is 18.0 Å². The standard InChI is InChI=1S/C22H31N5O3/c1-2-3-4-5-6-7-8-11-16-30-22(29)25-20-15-14-18(21(23)24-20)27-26-17-12-9-10-13-19(17)28/h9-10,12-15,28H,2-8,11,16H2,1H3,(H3,23,24,25,29). The van der Waals surface area contributed by atoms with Crippen molar-refractivity contribution in [3.63, 3.8) is 0 Å². The average molecular weight is 414 g/mol. The zero-order valence-corrected chi connectivity index (χ0v) is 17.5. The molecule has 0 aliphatic rings. The zero-order chi connectivity index (χ0) is 21.6. The van der Waals surface area contributed by atoms with Gasteiger partial charge in [-0.25, -0.2) is 9.78 Å². The number of rotatable bonds is 12. The van der Waals surface area contributed by atoms with E-state index in [0.717, 1.165) is 12.8 Å². The van der Waals surface area contributed by atoms with Gasteiger partial charge in [-0.05, 0) is 30.7 Å². The number of amides is 1. The Morgan fingerprint density at radius 2 is 1.67 bits per heavy atom. The van der Waals surface area contributed by atoms with Crippen LogP contribution in [0.25, 0.3) is 0 Å². The number of carbonyl (C=O) groups excluding carboxylic acids is 1.